The number of para-hydroxylation sites is 2. The summed E-state index contributed by atoms with van der Waals surface area (Å²) in [7, 11) is 5.13. The number of ether oxygens (including phenoxy) is 3. The van der Waals surface area contributed by atoms with Crippen LogP contribution in [0, 0.1) is 0 Å². The van der Waals surface area contributed by atoms with Crippen LogP contribution in [0.1, 0.15) is 18.4 Å². The quantitative estimate of drug-likeness (QED) is 0.676. The Labute approximate surface area is 186 Å². The topological polar surface area (TPSA) is 37.4 Å². The molecule has 4 rings (SSSR count). The van der Waals surface area contributed by atoms with Crippen LogP contribution in [-0.4, -0.2) is 76.4 Å². The minimum Gasteiger partial charge on any atom is -0.495 e. The summed E-state index contributed by atoms with van der Waals surface area (Å²) in [4.78, 5) is 7.73. The highest BCUT2D eigenvalue weighted by atomic mass is 16.5. The number of hydrogen-bond acceptors (Lipinski definition) is 6. The zero-order valence-corrected chi connectivity index (χ0v) is 19.0. The first kappa shape index (κ1) is 21.8. The van der Waals surface area contributed by atoms with Crippen molar-refractivity contribution < 1.29 is 14.2 Å². The summed E-state index contributed by atoms with van der Waals surface area (Å²) in [6.45, 7) is 7.55. The molecule has 0 amide bonds. The standard InChI is InChI=1S/C25H35N3O3/c1-29-23-9-5-4-8-22(23)28-15-13-27(14-16-28)21-7-6-12-26(19-21)18-20-10-11-24(30-2)25(17-20)31-3/h4-5,8-11,17,21H,6-7,12-16,18-19H2,1-3H3/t21-/m1/s1. The Balaban J connectivity index is 1.33. The summed E-state index contributed by atoms with van der Waals surface area (Å²) in [6.07, 6.45) is 2.54. The molecule has 2 saturated heterocycles. The molecular formula is C25H35N3O3. The second-order valence-corrected chi connectivity index (χ2v) is 8.42. The maximum Gasteiger partial charge on any atom is 0.161 e. The van der Waals surface area contributed by atoms with Crippen molar-refractivity contribution in [2.24, 2.45) is 0 Å². The molecule has 2 heterocycles. The van der Waals surface area contributed by atoms with Gasteiger partial charge in [0.25, 0.3) is 0 Å². The van der Waals surface area contributed by atoms with Crippen LogP contribution in [0.15, 0.2) is 42.5 Å². The Morgan fingerprint density at radius 1 is 0.806 bits per heavy atom. The van der Waals surface area contributed by atoms with E-state index in [-0.39, 0.29) is 0 Å². The lowest BCUT2D eigenvalue weighted by Crippen LogP contribution is -2.55. The van der Waals surface area contributed by atoms with E-state index in [0.717, 1.165) is 63.1 Å². The van der Waals surface area contributed by atoms with Crippen molar-refractivity contribution >= 4 is 5.69 Å². The predicted molar refractivity (Wildman–Crippen MR) is 125 cm³/mol. The molecule has 6 heteroatoms. The maximum atomic E-state index is 5.56. The third-order valence-electron chi connectivity index (χ3n) is 6.59. The van der Waals surface area contributed by atoms with E-state index >= 15 is 0 Å². The molecule has 0 aromatic heterocycles. The molecule has 0 N–H and O–H groups in total. The molecule has 31 heavy (non-hydrogen) atoms. The van der Waals surface area contributed by atoms with Gasteiger partial charge in [-0.15, -0.1) is 0 Å². The minimum absolute atomic E-state index is 0.633. The Kier molecular flexibility index (Phi) is 7.20. The summed E-state index contributed by atoms with van der Waals surface area (Å²) in [6, 6.07) is 15.2. The van der Waals surface area contributed by atoms with E-state index in [9.17, 15) is 0 Å². The first-order chi connectivity index (χ1) is 15.2. The lowest BCUT2D eigenvalue weighted by atomic mass is 10.0. The highest BCUT2D eigenvalue weighted by Gasteiger charge is 2.28. The smallest absolute Gasteiger partial charge is 0.161 e. The van der Waals surface area contributed by atoms with Crippen LogP contribution < -0.4 is 19.1 Å². The first-order valence-electron chi connectivity index (χ1n) is 11.3. The second-order valence-electron chi connectivity index (χ2n) is 8.42. The molecule has 0 aliphatic carbocycles. The average molecular weight is 426 g/mol. The number of piperazine rings is 1. The monoisotopic (exact) mass is 425 g/mol. The van der Waals surface area contributed by atoms with Crippen LogP contribution in [0.4, 0.5) is 5.69 Å². The van der Waals surface area contributed by atoms with Gasteiger partial charge in [-0.3, -0.25) is 9.80 Å². The molecule has 0 saturated carbocycles. The summed E-state index contributed by atoms with van der Waals surface area (Å²) < 4.78 is 16.4. The van der Waals surface area contributed by atoms with Gasteiger partial charge in [-0.05, 0) is 49.2 Å². The van der Waals surface area contributed by atoms with Gasteiger partial charge in [0.05, 0.1) is 27.0 Å². The summed E-state index contributed by atoms with van der Waals surface area (Å²) in [5.74, 6) is 2.56. The van der Waals surface area contributed by atoms with E-state index in [1.54, 1.807) is 21.3 Å². The molecule has 0 bridgehead atoms. The van der Waals surface area contributed by atoms with E-state index in [1.165, 1.54) is 24.1 Å². The number of nitrogens with zero attached hydrogens (tertiary/aromatic N) is 3. The minimum atomic E-state index is 0.633. The molecule has 2 aliphatic rings. The Morgan fingerprint density at radius 3 is 2.29 bits per heavy atom. The van der Waals surface area contributed by atoms with Crippen LogP contribution in [0.3, 0.4) is 0 Å². The number of piperidine rings is 1. The van der Waals surface area contributed by atoms with Crippen molar-refractivity contribution in [3.05, 3.63) is 48.0 Å². The molecule has 2 aromatic carbocycles. The average Bonchev–Trinajstić information content (AvgIpc) is 2.84. The second kappa shape index (κ2) is 10.2. The first-order valence-corrected chi connectivity index (χ1v) is 11.3. The van der Waals surface area contributed by atoms with Crippen molar-refractivity contribution in [3.63, 3.8) is 0 Å². The number of benzene rings is 2. The predicted octanol–water partition coefficient (Wildman–Crippen LogP) is 3.50. The van der Waals surface area contributed by atoms with Crippen molar-refractivity contribution in [1.82, 2.24) is 9.80 Å². The van der Waals surface area contributed by atoms with Gasteiger partial charge in [-0.2, -0.15) is 0 Å². The molecular weight excluding hydrogens is 390 g/mol. The number of anilines is 1. The van der Waals surface area contributed by atoms with Crippen LogP contribution in [0.5, 0.6) is 17.2 Å². The fourth-order valence-corrected chi connectivity index (χ4v) is 4.93. The van der Waals surface area contributed by atoms with Gasteiger partial charge in [-0.25, -0.2) is 0 Å². The van der Waals surface area contributed by atoms with Crippen molar-refractivity contribution in [2.75, 3.05) is 65.5 Å². The van der Waals surface area contributed by atoms with E-state index in [0.29, 0.717) is 6.04 Å². The van der Waals surface area contributed by atoms with Gasteiger partial charge >= 0.3 is 0 Å². The van der Waals surface area contributed by atoms with Gasteiger partial charge in [0.15, 0.2) is 11.5 Å². The number of likely N-dealkylation sites (tertiary alicyclic amines) is 1. The Morgan fingerprint density at radius 2 is 1.55 bits per heavy atom. The van der Waals surface area contributed by atoms with Crippen LogP contribution in [0.2, 0.25) is 0 Å². The number of methoxy groups -OCH3 is 3. The zero-order valence-electron chi connectivity index (χ0n) is 19.0. The lowest BCUT2D eigenvalue weighted by molar-refractivity contribution is 0.0886. The summed E-state index contributed by atoms with van der Waals surface area (Å²) in [5.41, 5.74) is 2.49. The highest BCUT2D eigenvalue weighted by Crippen LogP contribution is 2.30. The molecule has 168 valence electrons. The normalized spacial score (nSPS) is 20.5. The van der Waals surface area contributed by atoms with Crippen molar-refractivity contribution in [1.29, 1.82) is 0 Å². The molecule has 1 atom stereocenters. The van der Waals surface area contributed by atoms with Crippen LogP contribution in [-0.2, 0) is 6.54 Å². The molecule has 2 fully saturated rings. The lowest BCUT2D eigenvalue weighted by Gasteiger charge is -2.44. The SMILES string of the molecule is COc1ccc(CN2CCC[C@@H](N3CCN(c4ccccc4OC)CC3)C2)cc1OC. The Hall–Kier alpha value is -2.44. The fraction of sp³-hybridized carbons (Fsp3) is 0.520. The van der Waals surface area contributed by atoms with Gasteiger partial charge < -0.3 is 19.1 Å². The number of hydrogen-bond donors (Lipinski definition) is 0. The van der Waals surface area contributed by atoms with Gasteiger partial charge in [-0.1, -0.05) is 18.2 Å². The zero-order chi connectivity index (χ0) is 21.6. The number of rotatable bonds is 7. The van der Waals surface area contributed by atoms with Crippen molar-refractivity contribution in [3.8, 4) is 17.2 Å². The molecule has 6 nitrogen and oxygen atoms in total. The van der Waals surface area contributed by atoms with Gasteiger partial charge in [0.2, 0.25) is 0 Å². The fourth-order valence-electron chi connectivity index (χ4n) is 4.93. The molecule has 0 spiro atoms. The molecule has 2 aromatic rings. The summed E-state index contributed by atoms with van der Waals surface area (Å²) >= 11 is 0. The molecule has 0 radical (unpaired) electrons. The third kappa shape index (κ3) is 5.08. The summed E-state index contributed by atoms with van der Waals surface area (Å²) in [5, 5.41) is 0. The van der Waals surface area contributed by atoms with E-state index < -0.39 is 0 Å². The maximum absolute atomic E-state index is 5.56. The molecule has 2 aliphatic heterocycles. The van der Waals surface area contributed by atoms with Gasteiger partial charge in [0, 0.05) is 45.3 Å². The van der Waals surface area contributed by atoms with Crippen LogP contribution >= 0.6 is 0 Å². The van der Waals surface area contributed by atoms with E-state index in [1.807, 2.05) is 12.1 Å². The largest absolute Gasteiger partial charge is 0.495 e. The Bertz CT molecular complexity index is 852. The van der Waals surface area contributed by atoms with Crippen molar-refractivity contribution in [2.45, 2.75) is 25.4 Å². The van der Waals surface area contributed by atoms with Gasteiger partial charge in [0.1, 0.15) is 5.75 Å². The molecule has 0 unspecified atom stereocenters. The van der Waals surface area contributed by atoms with E-state index in [2.05, 4.69) is 45.0 Å². The highest BCUT2D eigenvalue weighted by molar-refractivity contribution is 5.58. The van der Waals surface area contributed by atoms with E-state index in [4.69, 9.17) is 14.2 Å². The van der Waals surface area contributed by atoms with Crippen LogP contribution in [0.25, 0.3) is 0 Å². The third-order valence-corrected chi connectivity index (χ3v) is 6.59.